The Morgan fingerprint density at radius 1 is 1.35 bits per heavy atom. The first kappa shape index (κ1) is 16.3. The van der Waals surface area contributed by atoms with Crippen molar-refractivity contribution in [1.29, 1.82) is 0 Å². The van der Waals surface area contributed by atoms with E-state index in [1.165, 1.54) is 32.4 Å². The van der Waals surface area contributed by atoms with E-state index in [0.717, 1.165) is 0 Å². The minimum Gasteiger partial charge on any atom is -0.496 e. The molecule has 0 radical (unpaired) electrons. The van der Waals surface area contributed by atoms with Crippen molar-refractivity contribution in [1.82, 2.24) is 0 Å². The van der Waals surface area contributed by atoms with Gasteiger partial charge in [0.25, 0.3) is 0 Å². The topological polar surface area (TPSA) is 102 Å². The van der Waals surface area contributed by atoms with Crippen molar-refractivity contribution in [3.63, 3.8) is 0 Å². The second-order valence-corrected chi connectivity index (χ2v) is 5.83. The van der Waals surface area contributed by atoms with Crippen LogP contribution >= 0.6 is 0 Å². The Labute approximate surface area is 117 Å². The standard InChI is InChI=1S/C12H17NO6S/c1-18-6-3-7-20(16,17)13-9-4-5-10(12(14)15)11(8-9)19-2/h4-5,8,13H,3,6-7H2,1-2H3,(H,14,15). The molecule has 1 rings (SSSR count). The zero-order valence-corrected chi connectivity index (χ0v) is 12.1. The molecule has 8 heteroatoms. The Bertz CT molecular complexity index is 569. The molecule has 1 aromatic carbocycles. The number of carbonyl (C=O) groups is 1. The molecule has 0 bridgehead atoms. The Balaban J connectivity index is 2.85. The van der Waals surface area contributed by atoms with Gasteiger partial charge >= 0.3 is 5.97 Å². The maximum Gasteiger partial charge on any atom is 0.339 e. The fourth-order valence-electron chi connectivity index (χ4n) is 1.56. The summed E-state index contributed by atoms with van der Waals surface area (Å²) >= 11 is 0. The van der Waals surface area contributed by atoms with Crippen LogP contribution in [0.5, 0.6) is 5.75 Å². The SMILES string of the molecule is COCCCS(=O)(=O)Nc1ccc(C(=O)O)c(OC)c1. The van der Waals surface area contributed by atoms with E-state index in [9.17, 15) is 13.2 Å². The third kappa shape index (κ3) is 4.71. The zero-order valence-electron chi connectivity index (χ0n) is 11.3. The number of sulfonamides is 1. The number of anilines is 1. The minimum absolute atomic E-state index is 0.0326. The van der Waals surface area contributed by atoms with Crippen LogP contribution in [-0.2, 0) is 14.8 Å². The molecule has 0 heterocycles. The lowest BCUT2D eigenvalue weighted by molar-refractivity contribution is 0.0693. The van der Waals surface area contributed by atoms with Crippen molar-refractivity contribution in [2.75, 3.05) is 31.3 Å². The van der Waals surface area contributed by atoms with Gasteiger partial charge in [0.1, 0.15) is 11.3 Å². The van der Waals surface area contributed by atoms with Crippen LogP contribution in [0.2, 0.25) is 0 Å². The van der Waals surface area contributed by atoms with E-state index < -0.39 is 16.0 Å². The molecule has 0 aromatic heterocycles. The van der Waals surface area contributed by atoms with Gasteiger partial charge in [-0.15, -0.1) is 0 Å². The highest BCUT2D eigenvalue weighted by molar-refractivity contribution is 7.92. The molecule has 1 aromatic rings. The summed E-state index contributed by atoms with van der Waals surface area (Å²) in [5.41, 5.74) is 0.221. The summed E-state index contributed by atoms with van der Waals surface area (Å²) in [4.78, 5) is 10.9. The molecule has 7 nitrogen and oxygen atoms in total. The summed E-state index contributed by atoms with van der Waals surface area (Å²) in [5.74, 6) is -1.13. The third-order valence-electron chi connectivity index (χ3n) is 2.47. The lowest BCUT2D eigenvalue weighted by Gasteiger charge is -2.10. The normalized spacial score (nSPS) is 11.1. The first-order valence-corrected chi connectivity index (χ1v) is 7.45. The molecule has 0 fully saturated rings. The molecule has 20 heavy (non-hydrogen) atoms. The molecule has 112 valence electrons. The molecule has 0 aliphatic heterocycles. The van der Waals surface area contributed by atoms with Gasteiger partial charge in [-0.25, -0.2) is 13.2 Å². The van der Waals surface area contributed by atoms with E-state index in [1.807, 2.05) is 0 Å². The van der Waals surface area contributed by atoms with Crippen LogP contribution in [0.25, 0.3) is 0 Å². The van der Waals surface area contributed by atoms with E-state index >= 15 is 0 Å². The number of nitrogens with one attached hydrogen (secondary N) is 1. The number of aromatic carboxylic acids is 1. The lowest BCUT2D eigenvalue weighted by atomic mass is 10.2. The van der Waals surface area contributed by atoms with E-state index in [0.29, 0.717) is 13.0 Å². The number of methoxy groups -OCH3 is 2. The number of hydrogen-bond acceptors (Lipinski definition) is 5. The van der Waals surface area contributed by atoms with Crippen LogP contribution in [0.1, 0.15) is 16.8 Å². The first-order valence-electron chi connectivity index (χ1n) is 5.80. The second-order valence-electron chi connectivity index (χ2n) is 3.99. The quantitative estimate of drug-likeness (QED) is 0.699. The van der Waals surface area contributed by atoms with E-state index in [1.54, 1.807) is 0 Å². The van der Waals surface area contributed by atoms with Gasteiger partial charge in [0, 0.05) is 19.8 Å². The number of ether oxygens (including phenoxy) is 2. The van der Waals surface area contributed by atoms with Crippen molar-refractivity contribution in [2.24, 2.45) is 0 Å². The molecular weight excluding hydrogens is 286 g/mol. The number of carboxylic acids is 1. The van der Waals surface area contributed by atoms with Gasteiger partial charge in [-0.2, -0.15) is 0 Å². The van der Waals surface area contributed by atoms with Gasteiger partial charge in [0.15, 0.2) is 0 Å². The smallest absolute Gasteiger partial charge is 0.339 e. The van der Waals surface area contributed by atoms with Crippen molar-refractivity contribution < 1.29 is 27.8 Å². The predicted molar refractivity (Wildman–Crippen MR) is 73.9 cm³/mol. The maximum atomic E-state index is 11.8. The van der Waals surface area contributed by atoms with Crippen LogP contribution < -0.4 is 9.46 Å². The Morgan fingerprint density at radius 2 is 2.05 bits per heavy atom. The molecule has 2 N–H and O–H groups in total. The molecule has 0 aliphatic carbocycles. The van der Waals surface area contributed by atoms with E-state index in [4.69, 9.17) is 14.6 Å². The van der Waals surface area contributed by atoms with Gasteiger partial charge in [0.2, 0.25) is 10.0 Å². The van der Waals surface area contributed by atoms with Crippen molar-refractivity contribution >= 4 is 21.7 Å². The van der Waals surface area contributed by atoms with Crippen LogP contribution in [-0.4, -0.2) is 46.1 Å². The molecule has 0 spiro atoms. The van der Waals surface area contributed by atoms with E-state index in [-0.39, 0.29) is 22.8 Å². The van der Waals surface area contributed by atoms with Gasteiger partial charge in [0.05, 0.1) is 18.6 Å². The second kappa shape index (κ2) is 7.11. The zero-order chi connectivity index (χ0) is 15.2. The fourth-order valence-corrected chi connectivity index (χ4v) is 2.64. The van der Waals surface area contributed by atoms with Crippen LogP contribution in [0.15, 0.2) is 18.2 Å². The summed E-state index contributed by atoms with van der Waals surface area (Å²) in [6.07, 6.45) is 0.371. The molecule has 0 saturated heterocycles. The largest absolute Gasteiger partial charge is 0.496 e. The average molecular weight is 303 g/mol. The Morgan fingerprint density at radius 3 is 2.60 bits per heavy atom. The summed E-state index contributed by atoms with van der Waals surface area (Å²) in [6.45, 7) is 0.349. The van der Waals surface area contributed by atoms with Gasteiger partial charge < -0.3 is 14.6 Å². The third-order valence-corrected chi connectivity index (χ3v) is 3.84. The Kier molecular flexibility index (Phi) is 5.78. The highest BCUT2D eigenvalue weighted by Gasteiger charge is 2.14. The van der Waals surface area contributed by atoms with Crippen molar-refractivity contribution in [3.8, 4) is 5.75 Å². The highest BCUT2D eigenvalue weighted by atomic mass is 32.2. The van der Waals surface area contributed by atoms with Gasteiger partial charge in [-0.1, -0.05) is 0 Å². The number of benzene rings is 1. The first-order chi connectivity index (χ1) is 9.39. The van der Waals surface area contributed by atoms with E-state index in [2.05, 4.69) is 4.72 Å². The molecule has 0 atom stereocenters. The molecule has 0 saturated carbocycles. The van der Waals surface area contributed by atoms with Crippen molar-refractivity contribution in [3.05, 3.63) is 23.8 Å². The lowest BCUT2D eigenvalue weighted by Crippen LogP contribution is -2.18. The van der Waals surface area contributed by atoms with Gasteiger partial charge in [-0.3, -0.25) is 4.72 Å². The van der Waals surface area contributed by atoms with Gasteiger partial charge in [-0.05, 0) is 18.6 Å². The molecule has 0 amide bonds. The number of carboxylic acid groups (broad SMARTS) is 1. The Hall–Kier alpha value is -1.80. The summed E-state index contributed by atoms with van der Waals surface area (Å²) in [6, 6.07) is 3.99. The number of rotatable bonds is 8. The molecular formula is C12H17NO6S. The molecule has 0 unspecified atom stereocenters. The van der Waals surface area contributed by atoms with Crippen LogP contribution in [0.3, 0.4) is 0 Å². The highest BCUT2D eigenvalue weighted by Crippen LogP contribution is 2.23. The number of hydrogen-bond donors (Lipinski definition) is 2. The average Bonchev–Trinajstić information content (AvgIpc) is 2.37. The van der Waals surface area contributed by atoms with Crippen LogP contribution in [0, 0.1) is 0 Å². The summed E-state index contributed by atoms with van der Waals surface area (Å²) in [5, 5.41) is 8.93. The minimum atomic E-state index is -3.50. The van der Waals surface area contributed by atoms with Crippen LogP contribution in [0.4, 0.5) is 5.69 Å². The maximum absolute atomic E-state index is 11.8. The monoisotopic (exact) mass is 303 g/mol. The fraction of sp³-hybridized carbons (Fsp3) is 0.417. The predicted octanol–water partition coefficient (Wildman–Crippen LogP) is 1.17. The molecule has 0 aliphatic rings. The summed E-state index contributed by atoms with van der Waals surface area (Å²) in [7, 11) is -0.684. The van der Waals surface area contributed by atoms with Crippen molar-refractivity contribution in [2.45, 2.75) is 6.42 Å². The summed E-state index contributed by atoms with van der Waals surface area (Å²) < 4.78 is 35.6.